The maximum Gasteiger partial charge on any atom is 0.306 e. The number of aryl methyl sites for hydroxylation is 1. The monoisotopic (exact) mass is 301 g/mol. The van der Waals surface area contributed by atoms with E-state index >= 15 is 0 Å². The Labute approximate surface area is 116 Å². The fourth-order valence-corrected chi connectivity index (χ4v) is 4.02. The first-order valence-corrected chi connectivity index (χ1v) is 7.79. The van der Waals surface area contributed by atoms with Crippen molar-refractivity contribution in [3.63, 3.8) is 0 Å². The fourth-order valence-electron chi connectivity index (χ4n) is 2.51. The average Bonchev–Trinajstić information content (AvgIpc) is 2.76. The van der Waals surface area contributed by atoms with Gasteiger partial charge in [0.1, 0.15) is 5.82 Å². The summed E-state index contributed by atoms with van der Waals surface area (Å²) in [5.41, 5.74) is 0.324. The zero-order valence-electron chi connectivity index (χ0n) is 11.0. The fraction of sp³-hybridized carbons (Fsp3) is 0.462. The van der Waals surface area contributed by atoms with Crippen LogP contribution in [0.15, 0.2) is 23.1 Å². The summed E-state index contributed by atoms with van der Waals surface area (Å²) in [5, 5.41) is 8.90. The molecule has 0 aromatic heterocycles. The van der Waals surface area contributed by atoms with Gasteiger partial charge in [0, 0.05) is 6.04 Å². The number of carbonyl (C=O) groups is 1. The third-order valence-corrected chi connectivity index (χ3v) is 5.21. The number of hydrogen-bond acceptors (Lipinski definition) is 3. The summed E-state index contributed by atoms with van der Waals surface area (Å²) >= 11 is 0. The molecule has 2 rings (SSSR count). The first-order chi connectivity index (χ1) is 9.29. The van der Waals surface area contributed by atoms with E-state index in [1.54, 1.807) is 0 Å². The number of halogens is 1. The smallest absolute Gasteiger partial charge is 0.306 e. The van der Waals surface area contributed by atoms with Crippen molar-refractivity contribution >= 4 is 16.0 Å². The van der Waals surface area contributed by atoms with E-state index < -0.39 is 27.7 Å². The molecular formula is C13H16FNO4S. The molecule has 0 bridgehead atoms. The van der Waals surface area contributed by atoms with Crippen molar-refractivity contribution in [3.8, 4) is 0 Å². The maximum absolute atomic E-state index is 13.0. The van der Waals surface area contributed by atoms with Gasteiger partial charge in [0.05, 0.1) is 10.8 Å². The van der Waals surface area contributed by atoms with Crippen molar-refractivity contribution in [1.82, 2.24) is 4.72 Å². The summed E-state index contributed by atoms with van der Waals surface area (Å²) in [4.78, 5) is 10.9. The quantitative estimate of drug-likeness (QED) is 0.886. The second-order valence-electron chi connectivity index (χ2n) is 5.08. The zero-order valence-corrected chi connectivity index (χ0v) is 11.8. The van der Waals surface area contributed by atoms with E-state index in [4.69, 9.17) is 5.11 Å². The molecule has 2 N–H and O–H groups in total. The van der Waals surface area contributed by atoms with Gasteiger partial charge in [-0.25, -0.2) is 17.5 Å². The molecule has 110 valence electrons. The van der Waals surface area contributed by atoms with Crippen LogP contribution in [0.4, 0.5) is 4.39 Å². The highest BCUT2D eigenvalue weighted by Gasteiger charge is 2.32. The Morgan fingerprint density at radius 2 is 2.10 bits per heavy atom. The number of hydrogen-bond donors (Lipinski definition) is 2. The van der Waals surface area contributed by atoms with Gasteiger partial charge in [-0.1, -0.05) is 0 Å². The van der Waals surface area contributed by atoms with E-state index in [0.717, 1.165) is 12.1 Å². The van der Waals surface area contributed by atoms with E-state index in [2.05, 4.69) is 4.72 Å². The first-order valence-electron chi connectivity index (χ1n) is 6.31. The lowest BCUT2D eigenvalue weighted by molar-refractivity contribution is -0.141. The standard InChI is InChI=1S/C13H16FNO4S/c1-8-6-10(14)3-5-12(8)20(18,19)15-11-4-2-9(7-11)13(16)17/h3,5-6,9,11,15H,2,4,7H2,1H3,(H,16,17)/t9-,11+/m1/s1. The minimum absolute atomic E-state index is 0.0256. The lowest BCUT2D eigenvalue weighted by Gasteiger charge is -2.14. The van der Waals surface area contributed by atoms with E-state index in [1.807, 2.05) is 0 Å². The molecule has 0 aliphatic heterocycles. The Bertz CT molecular complexity index is 629. The number of carboxylic acids is 1. The highest BCUT2D eigenvalue weighted by Crippen LogP contribution is 2.27. The van der Waals surface area contributed by atoms with Crippen LogP contribution < -0.4 is 4.72 Å². The number of rotatable bonds is 4. The molecule has 1 aliphatic carbocycles. The minimum Gasteiger partial charge on any atom is -0.481 e. The minimum atomic E-state index is -3.75. The largest absolute Gasteiger partial charge is 0.481 e. The highest BCUT2D eigenvalue weighted by molar-refractivity contribution is 7.89. The molecule has 5 nitrogen and oxygen atoms in total. The molecule has 0 saturated heterocycles. The van der Waals surface area contributed by atoms with Crippen LogP contribution in [0.3, 0.4) is 0 Å². The van der Waals surface area contributed by atoms with Gasteiger partial charge in [0.2, 0.25) is 10.0 Å². The topological polar surface area (TPSA) is 83.5 Å². The summed E-state index contributed by atoms with van der Waals surface area (Å²) in [6.07, 6.45) is 1.25. The summed E-state index contributed by atoms with van der Waals surface area (Å²) in [6.45, 7) is 1.52. The predicted molar refractivity (Wildman–Crippen MR) is 70.2 cm³/mol. The van der Waals surface area contributed by atoms with Crippen LogP contribution in [0.2, 0.25) is 0 Å². The third kappa shape index (κ3) is 3.16. The SMILES string of the molecule is Cc1cc(F)ccc1S(=O)(=O)N[C@H]1CC[C@@H](C(=O)O)C1. The maximum atomic E-state index is 13.0. The van der Waals surface area contributed by atoms with Crippen LogP contribution in [-0.4, -0.2) is 25.5 Å². The summed E-state index contributed by atoms with van der Waals surface area (Å²) < 4.78 is 39.9. The Kier molecular flexibility index (Phi) is 4.10. The van der Waals surface area contributed by atoms with Crippen LogP contribution in [0.1, 0.15) is 24.8 Å². The molecule has 0 radical (unpaired) electrons. The summed E-state index contributed by atoms with van der Waals surface area (Å²) in [5.74, 6) is -1.89. The Balaban J connectivity index is 2.14. The Morgan fingerprint density at radius 3 is 2.65 bits per heavy atom. The molecule has 1 fully saturated rings. The molecule has 0 heterocycles. The summed E-state index contributed by atoms with van der Waals surface area (Å²) in [7, 11) is -3.75. The number of carboxylic acid groups (broad SMARTS) is 1. The van der Waals surface area contributed by atoms with Gasteiger partial charge in [-0.15, -0.1) is 0 Å². The molecule has 1 aromatic carbocycles. The molecule has 0 spiro atoms. The molecule has 0 amide bonds. The second-order valence-corrected chi connectivity index (χ2v) is 6.76. The molecule has 1 aromatic rings. The van der Waals surface area contributed by atoms with Gasteiger partial charge >= 0.3 is 5.97 Å². The van der Waals surface area contributed by atoms with Gasteiger partial charge in [0.25, 0.3) is 0 Å². The zero-order chi connectivity index (χ0) is 14.9. The average molecular weight is 301 g/mol. The van der Waals surface area contributed by atoms with Gasteiger partial charge < -0.3 is 5.11 Å². The number of nitrogens with one attached hydrogen (secondary N) is 1. The molecule has 2 atom stereocenters. The Morgan fingerprint density at radius 1 is 1.40 bits per heavy atom. The van der Waals surface area contributed by atoms with Crippen LogP contribution in [0, 0.1) is 18.7 Å². The van der Waals surface area contributed by atoms with Gasteiger partial charge in [-0.05, 0) is 49.9 Å². The second kappa shape index (κ2) is 5.49. The van der Waals surface area contributed by atoms with E-state index in [1.165, 1.54) is 13.0 Å². The van der Waals surface area contributed by atoms with Crippen LogP contribution in [-0.2, 0) is 14.8 Å². The van der Waals surface area contributed by atoms with Crippen LogP contribution >= 0.6 is 0 Å². The summed E-state index contributed by atoms with van der Waals surface area (Å²) in [6, 6.07) is 3.08. The molecule has 20 heavy (non-hydrogen) atoms. The number of aliphatic carboxylic acids is 1. The molecular weight excluding hydrogens is 285 g/mol. The lowest BCUT2D eigenvalue weighted by Crippen LogP contribution is -2.33. The van der Waals surface area contributed by atoms with Crippen molar-refractivity contribution in [1.29, 1.82) is 0 Å². The number of benzene rings is 1. The van der Waals surface area contributed by atoms with Crippen molar-refractivity contribution in [2.45, 2.75) is 37.1 Å². The van der Waals surface area contributed by atoms with Gasteiger partial charge in [-0.3, -0.25) is 4.79 Å². The van der Waals surface area contributed by atoms with E-state index in [-0.39, 0.29) is 17.4 Å². The van der Waals surface area contributed by atoms with Gasteiger partial charge in [0.15, 0.2) is 0 Å². The molecule has 1 aliphatic rings. The van der Waals surface area contributed by atoms with Crippen molar-refractivity contribution in [2.24, 2.45) is 5.92 Å². The predicted octanol–water partition coefficient (Wildman–Crippen LogP) is 1.67. The lowest BCUT2D eigenvalue weighted by atomic mass is 10.1. The molecule has 7 heteroatoms. The third-order valence-electron chi connectivity index (χ3n) is 3.53. The van der Waals surface area contributed by atoms with Crippen LogP contribution in [0.25, 0.3) is 0 Å². The molecule has 0 unspecified atom stereocenters. The van der Waals surface area contributed by atoms with Crippen molar-refractivity contribution < 1.29 is 22.7 Å². The van der Waals surface area contributed by atoms with E-state index in [9.17, 15) is 17.6 Å². The first kappa shape index (κ1) is 14.9. The van der Waals surface area contributed by atoms with Crippen molar-refractivity contribution in [3.05, 3.63) is 29.6 Å². The normalized spacial score (nSPS) is 22.9. The number of sulfonamides is 1. The highest BCUT2D eigenvalue weighted by atomic mass is 32.2. The Hall–Kier alpha value is -1.47. The van der Waals surface area contributed by atoms with Crippen molar-refractivity contribution in [2.75, 3.05) is 0 Å². The molecule has 1 saturated carbocycles. The van der Waals surface area contributed by atoms with Crippen LogP contribution in [0.5, 0.6) is 0 Å². The van der Waals surface area contributed by atoms with E-state index in [0.29, 0.717) is 18.4 Å². The van der Waals surface area contributed by atoms with Gasteiger partial charge in [-0.2, -0.15) is 0 Å².